The van der Waals surface area contributed by atoms with Crippen molar-refractivity contribution in [3.8, 4) is 5.75 Å². The second-order valence-electron chi connectivity index (χ2n) is 8.96. The van der Waals surface area contributed by atoms with Gasteiger partial charge in [-0.3, -0.25) is 0 Å². The first-order chi connectivity index (χ1) is 14.1. The predicted octanol–water partition coefficient (Wildman–Crippen LogP) is 8.00. The summed E-state index contributed by atoms with van der Waals surface area (Å²) in [5.74, 6) is 1.57. The summed E-state index contributed by atoms with van der Waals surface area (Å²) < 4.78 is 33.6. The molecule has 0 heterocycles. The van der Waals surface area contributed by atoms with Crippen LogP contribution in [0.5, 0.6) is 5.75 Å². The van der Waals surface area contributed by atoms with Crippen LogP contribution in [0.4, 0.5) is 8.78 Å². The molecular formula is C26H36F2O. The molecule has 160 valence electrons. The van der Waals surface area contributed by atoms with Crippen LogP contribution in [0, 0.1) is 35.3 Å². The van der Waals surface area contributed by atoms with E-state index in [-0.39, 0.29) is 5.75 Å². The molecule has 0 radical (unpaired) electrons. The normalized spacial score (nSPS) is 28.3. The van der Waals surface area contributed by atoms with Crippen LogP contribution in [0.2, 0.25) is 0 Å². The molecule has 3 heteroatoms. The number of aryl methyl sites for hydroxylation is 1. The van der Waals surface area contributed by atoms with Crippen LogP contribution >= 0.6 is 0 Å². The van der Waals surface area contributed by atoms with Crippen LogP contribution in [-0.4, -0.2) is 0 Å². The van der Waals surface area contributed by atoms with Gasteiger partial charge in [0.2, 0.25) is 5.82 Å². The molecule has 3 rings (SSSR count). The summed E-state index contributed by atoms with van der Waals surface area (Å²) in [7, 11) is 0. The Balaban J connectivity index is 1.44. The lowest BCUT2D eigenvalue weighted by molar-refractivity contribution is 0.152. The number of ether oxygens (including phenoxy) is 1. The van der Waals surface area contributed by atoms with Gasteiger partial charge in [0.1, 0.15) is 0 Å². The average Bonchev–Trinajstić information content (AvgIpc) is 2.75. The Morgan fingerprint density at radius 2 is 1.52 bits per heavy atom. The molecule has 2 aliphatic rings. The van der Waals surface area contributed by atoms with Crippen LogP contribution < -0.4 is 4.74 Å². The smallest absolute Gasteiger partial charge is 0.201 e. The number of allylic oxidation sites excluding steroid dienone is 3. The van der Waals surface area contributed by atoms with E-state index in [1.807, 2.05) is 0 Å². The number of halogens is 2. The molecule has 29 heavy (non-hydrogen) atoms. The Morgan fingerprint density at radius 3 is 2.14 bits per heavy atom. The maximum atomic E-state index is 14.4. The minimum Gasteiger partial charge on any atom is -0.462 e. The minimum atomic E-state index is -0.877. The third-order valence-electron chi connectivity index (χ3n) is 7.12. The molecule has 2 fully saturated rings. The Bertz CT molecular complexity index is 693. The molecule has 0 atom stereocenters. The van der Waals surface area contributed by atoms with Crippen molar-refractivity contribution < 1.29 is 13.5 Å². The van der Waals surface area contributed by atoms with Crippen molar-refractivity contribution in [1.29, 1.82) is 0 Å². The number of rotatable bonds is 7. The van der Waals surface area contributed by atoms with Gasteiger partial charge < -0.3 is 4.74 Å². The lowest BCUT2D eigenvalue weighted by Gasteiger charge is -2.37. The summed E-state index contributed by atoms with van der Waals surface area (Å²) in [5, 5.41) is 0. The van der Waals surface area contributed by atoms with E-state index >= 15 is 0 Å². The van der Waals surface area contributed by atoms with Gasteiger partial charge in [-0.15, -0.1) is 0 Å². The van der Waals surface area contributed by atoms with Crippen LogP contribution in [0.3, 0.4) is 0 Å². The number of hydrogen-bond acceptors (Lipinski definition) is 1. The first-order valence-electron chi connectivity index (χ1n) is 11.5. The zero-order chi connectivity index (χ0) is 20.6. The minimum absolute atomic E-state index is 0.0472. The highest BCUT2D eigenvalue weighted by atomic mass is 19.2. The monoisotopic (exact) mass is 402 g/mol. The van der Waals surface area contributed by atoms with Gasteiger partial charge in [-0.2, -0.15) is 4.39 Å². The Labute approximate surface area is 175 Å². The van der Waals surface area contributed by atoms with E-state index in [1.54, 1.807) is 19.1 Å². The maximum absolute atomic E-state index is 14.4. The first kappa shape index (κ1) is 22.1. The summed E-state index contributed by atoms with van der Waals surface area (Å²) in [6.45, 7) is 3.89. The standard InChI is InChI=1S/C26H36F2O/c1-3-5-19-6-11-21(12-7-19)22-13-8-20(9-14-22)10-15-23-16-17-24(29-18-4-2)26(28)25(23)27/h3-5,16-22H,6-15H2,1-2H3. The molecule has 0 bridgehead atoms. The second kappa shape index (κ2) is 10.9. The zero-order valence-corrected chi connectivity index (χ0v) is 18.0. The van der Waals surface area contributed by atoms with Gasteiger partial charge in [0.15, 0.2) is 11.6 Å². The van der Waals surface area contributed by atoms with E-state index in [9.17, 15) is 8.78 Å². The topological polar surface area (TPSA) is 9.23 Å². The van der Waals surface area contributed by atoms with E-state index in [0.29, 0.717) is 17.9 Å². The van der Waals surface area contributed by atoms with Gasteiger partial charge in [-0.25, -0.2) is 4.39 Å². The predicted molar refractivity (Wildman–Crippen MR) is 116 cm³/mol. The van der Waals surface area contributed by atoms with Gasteiger partial charge in [0.25, 0.3) is 0 Å². The molecule has 0 aliphatic heterocycles. The molecule has 0 N–H and O–H groups in total. The Morgan fingerprint density at radius 1 is 0.862 bits per heavy atom. The number of hydrogen-bond donors (Lipinski definition) is 0. The second-order valence-corrected chi connectivity index (χ2v) is 8.96. The fraction of sp³-hybridized carbons (Fsp3) is 0.615. The maximum Gasteiger partial charge on any atom is 0.201 e. The third-order valence-corrected chi connectivity index (χ3v) is 7.12. The molecule has 0 unspecified atom stereocenters. The Hall–Kier alpha value is -1.64. The molecule has 0 saturated heterocycles. The lowest BCUT2D eigenvalue weighted by atomic mass is 9.68. The van der Waals surface area contributed by atoms with Crippen LogP contribution in [0.15, 0.2) is 36.6 Å². The van der Waals surface area contributed by atoms with Gasteiger partial charge in [-0.05, 0) is 101 Å². The highest BCUT2D eigenvalue weighted by molar-refractivity contribution is 5.31. The van der Waals surface area contributed by atoms with Gasteiger partial charge in [0.05, 0.1) is 6.26 Å². The highest BCUT2D eigenvalue weighted by Crippen LogP contribution is 2.42. The SMILES string of the molecule is CC=COc1ccc(CCC2CCC(C3CCC(C=CC)CC3)CC2)c(F)c1F. The molecular weight excluding hydrogens is 366 g/mol. The summed E-state index contributed by atoms with van der Waals surface area (Å²) >= 11 is 0. The first-order valence-corrected chi connectivity index (χ1v) is 11.5. The van der Waals surface area contributed by atoms with Crippen molar-refractivity contribution in [3.05, 3.63) is 53.8 Å². The van der Waals surface area contributed by atoms with E-state index in [2.05, 4.69) is 19.1 Å². The molecule has 1 aromatic rings. The largest absolute Gasteiger partial charge is 0.462 e. The van der Waals surface area contributed by atoms with Crippen molar-refractivity contribution in [2.45, 2.75) is 78.1 Å². The zero-order valence-electron chi connectivity index (χ0n) is 18.0. The molecule has 0 aromatic heterocycles. The summed E-state index contributed by atoms with van der Waals surface area (Å²) in [6.07, 6.45) is 19.8. The molecule has 1 aromatic carbocycles. The fourth-order valence-electron chi connectivity index (χ4n) is 5.39. The van der Waals surface area contributed by atoms with Crippen molar-refractivity contribution in [2.75, 3.05) is 0 Å². The average molecular weight is 403 g/mol. The lowest BCUT2D eigenvalue weighted by Crippen LogP contribution is -2.25. The number of benzene rings is 1. The van der Waals surface area contributed by atoms with E-state index in [0.717, 1.165) is 24.2 Å². The van der Waals surface area contributed by atoms with Crippen LogP contribution in [-0.2, 0) is 6.42 Å². The van der Waals surface area contributed by atoms with Gasteiger partial charge in [-0.1, -0.05) is 37.1 Å². The van der Waals surface area contributed by atoms with Crippen molar-refractivity contribution in [3.63, 3.8) is 0 Å². The van der Waals surface area contributed by atoms with E-state index in [4.69, 9.17) is 4.74 Å². The molecule has 0 spiro atoms. The quantitative estimate of drug-likeness (QED) is 0.331. The Kier molecular flexibility index (Phi) is 8.32. The molecule has 2 saturated carbocycles. The summed E-state index contributed by atoms with van der Waals surface area (Å²) in [6, 6.07) is 3.21. The van der Waals surface area contributed by atoms with Crippen molar-refractivity contribution >= 4 is 0 Å². The molecule has 2 aliphatic carbocycles. The fourth-order valence-corrected chi connectivity index (χ4v) is 5.39. The van der Waals surface area contributed by atoms with Crippen LogP contribution in [0.1, 0.15) is 77.2 Å². The molecule has 1 nitrogen and oxygen atoms in total. The van der Waals surface area contributed by atoms with Crippen molar-refractivity contribution in [1.82, 2.24) is 0 Å². The van der Waals surface area contributed by atoms with E-state index < -0.39 is 11.6 Å². The van der Waals surface area contributed by atoms with Crippen molar-refractivity contribution in [2.24, 2.45) is 23.7 Å². The van der Waals surface area contributed by atoms with Gasteiger partial charge in [0, 0.05) is 0 Å². The highest BCUT2D eigenvalue weighted by Gasteiger charge is 2.30. The van der Waals surface area contributed by atoms with Gasteiger partial charge >= 0.3 is 0 Å². The summed E-state index contributed by atoms with van der Waals surface area (Å²) in [4.78, 5) is 0. The molecule has 0 amide bonds. The van der Waals surface area contributed by atoms with Crippen LogP contribution in [0.25, 0.3) is 0 Å². The summed E-state index contributed by atoms with van der Waals surface area (Å²) in [5.41, 5.74) is 0.472. The van der Waals surface area contributed by atoms with E-state index in [1.165, 1.54) is 63.7 Å². The third kappa shape index (κ3) is 5.93.